The Kier molecular flexibility index (Phi) is 4.51. The fraction of sp³-hybridized carbons (Fsp3) is 0.250. The minimum absolute atomic E-state index is 0.160. The molecule has 0 bridgehead atoms. The van der Waals surface area contributed by atoms with Crippen molar-refractivity contribution >= 4 is 34.3 Å². The molecule has 1 unspecified atom stereocenters. The second-order valence-electron chi connectivity index (χ2n) is 4.02. The number of nitrogens with zero attached hydrogens (tertiary/aromatic N) is 2. The van der Waals surface area contributed by atoms with Crippen molar-refractivity contribution < 1.29 is 9.31 Å². The highest BCUT2D eigenvalue weighted by Crippen LogP contribution is 2.34. The quantitative estimate of drug-likeness (QED) is 0.655. The Labute approximate surface area is 123 Å². The number of nitrogens with one attached hydrogen (secondary N) is 1. The van der Waals surface area contributed by atoms with E-state index >= 15 is 0 Å². The van der Waals surface area contributed by atoms with Gasteiger partial charge in [-0.1, -0.05) is 18.5 Å². The molecule has 106 valence electrons. The molecule has 0 aliphatic rings. The van der Waals surface area contributed by atoms with E-state index in [0.29, 0.717) is 6.42 Å². The van der Waals surface area contributed by atoms with E-state index < -0.39 is 10.7 Å². The van der Waals surface area contributed by atoms with Gasteiger partial charge in [-0.25, -0.2) is 9.37 Å². The zero-order chi connectivity index (χ0) is 14.7. The van der Waals surface area contributed by atoms with E-state index in [1.807, 2.05) is 12.3 Å². The van der Waals surface area contributed by atoms with Crippen molar-refractivity contribution in [3.63, 3.8) is 0 Å². The summed E-state index contributed by atoms with van der Waals surface area (Å²) in [7, 11) is 0. The van der Waals surface area contributed by atoms with Crippen molar-refractivity contribution in [2.75, 3.05) is 5.32 Å². The van der Waals surface area contributed by atoms with Crippen LogP contribution in [0.4, 0.5) is 15.8 Å². The van der Waals surface area contributed by atoms with E-state index in [9.17, 15) is 14.5 Å². The van der Waals surface area contributed by atoms with Crippen molar-refractivity contribution in [1.29, 1.82) is 0 Å². The lowest BCUT2D eigenvalue weighted by molar-refractivity contribution is -0.384. The molecule has 5 nitrogen and oxygen atoms in total. The van der Waals surface area contributed by atoms with E-state index in [-0.39, 0.29) is 22.4 Å². The van der Waals surface area contributed by atoms with Gasteiger partial charge in [0.25, 0.3) is 5.69 Å². The standard InChI is InChI=1S/C12H11ClFN3O2S/c1-2-9(12-15-3-4-20-12)16-10-5-7(13)8(14)6-11(10)17(18)19/h3-6,9,16H,2H2,1H3. The van der Waals surface area contributed by atoms with Gasteiger partial charge in [0, 0.05) is 11.6 Å². The average molecular weight is 316 g/mol. The molecule has 0 radical (unpaired) electrons. The van der Waals surface area contributed by atoms with Gasteiger partial charge in [-0.15, -0.1) is 11.3 Å². The third-order valence-electron chi connectivity index (χ3n) is 2.72. The molecule has 0 aliphatic heterocycles. The van der Waals surface area contributed by atoms with Crippen molar-refractivity contribution in [3.05, 3.63) is 49.7 Å². The van der Waals surface area contributed by atoms with E-state index in [1.54, 1.807) is 6.20 Å². The summed E-state index contributed by atoms with van der Waals surface area (Å²) < 4.78 is 13.3. The van der Waals surface area contributed by atoms with Crippen LogP contribution in [-0.2, 0) is 0 Å². The molecule has 2 aromatic rings. The Balaban J connectivity index is 2.37. The lowest BCUT2D eigenvalue weighted by Crippen LogP contribution is -2.11. The van der Waals surface area contributed by atoms with Gasteiger partial charge in [-0.2, -0.15) is 0 Å². The highest BCUT2D eigenvalue weighted by molar-refractivity contribution is 7.09. The predicted octanol–water partition coefficient (Wildman–Crippen LogP) is 4.41. The first kappa shape index (κ1) is 14.7. The van der Waals surface area contributed by atoms with Crippen molar-refractivity contribution in [2.24, 2.45) is 0 Å². The fourth-order valence-electron chi connectivity index (χ4n) is 1.74. The van der Waals surface area contributed by atoms with Crippen LogP contribution in [0.15, 0.2) is 23.7 Å². The van der Waals surface area contributed by atoms with Gasteiger partial charge in [0.15, 0.2) is 0 Å². The number of nitro benzene ring substituents is 1. The molecule has 0 amide bonds. The van der Waals surface area contributed by atoms with Crippen LogP contribution in [0.2, 0.25) is 5.02 Å². The summed E-state index contributed by atoms with van der Waals surface area (Å²) in [5.74, 6) is -0.814. The Hall–Kier alpha value is -1.73. The molecule has 1 N–H and O–H groups in total. The van der Waals surface area contributed by atoms with Crippen molar-refractivity contribution in [3.8, 4) is 0 Å². The first-order valence-electron chi connectivity index (χ1n) is 5.82. The molecule has 0 spiro atoms. The van der Waals surface area contributed by atoms with Crippen LogP contribution in [-0.4, -0.2) is 9.91 Å². The number of benzene rings is 1. The van der Waals surface area contributed by atoms with Gasteiger partial charge < -0.3 is 5.32 Å². The second kappa shape index (κ2) is 6.15. The van der Waals surface area contributed by atoms with Crippen molar-refractivity contribution in [2.45, 2.75) is 19.4 Å². The Morgan fingerprint density at radius 3 is 2.90 bits per heavy atom. The van der Waals surface area contributed by atoms with Crippen LogP contribution in [0.3, 0.4) is 0 Å². The molecule has 20 heavy (non-hydrogen) atoms. The summed E-state index contributed by atoms with van der Waals surface area (Å²) in [6.07, 6.45) is 2.34. The SMILES string of the molecule is CCC(Nc1cc(Cl)c(F)cc1[N+](=O)[O-])c1nccs1. The monoisotopic (exact) mass is 315 g/mol. The summed E-state index contributed by atoms with van der Waals surface area (Å²) in [6.45, 7) is 1.93. The number of hydrogen-bond donors (Lipinski definition) is 1. The lowest BCUT2D eigenvalue weighted by atomic mass is 10.2. The molecule has 8 heteroatoms. The molecule has 0 aliphatic carbocycles. The van der Waals surface area contributed by atoms with Crippen LogP contribution >= 0.6 is 22.9 Å². The molecular formula is C12H11ClFN3O2S. The molecule has 2 rings (SSSR count). The number of anilines is 1. The summed E-state index contributed by atoms with van der Waals surface area (Å²) in [5.41, 5.74) is -0.162. The Morgan fingerprint density at radius 1 is 1.60 bits per heavy atom. The maximum Gasteiger partial charge on any atom is 0.295 e. The molecular weight excluding hydrogens is 305 g/mol. The number of nitro groups is 1. The minimum atomic E-state index is -0.814. The van der Waals surface area contributed by atoms with E-state index in [0.717, 1.165) is 11.1 Å². The van der Waals surface area contributed by atoms with Crippen LogP contribution < -0.4 is 5.32 Å². The van der Waals surface area contributed by atoms with Crippen LogP contribution in [0, 0.1) is 15.9 Å². The van der Waals surface area contributed by atoms with Gasteiger partial charge in [0.1, 0.15) is 16.5 Å². The zero-order valence-corrected chi connectivity index (χ0v) is 12.0. The van der Waals surface area contributed by atoms with Crippen LogP contribution in [0.5, 0.6) is 0 Å². The molecule has 1 aromatic heterocycles. The topological polar surface area (TPSA) is 68.1 Å². The number of hydrogen-bond acceptors (Lipinski definition) is 5. The highest BCUT2D eigenvalue weighted by Gasteiger charge is 2.21. The van der Waals surface area contributed by atoms with E-state index in [4.69, 9.17) is 11.6 Å². The van der Waals surface area contributed by atoms with Gasteiger partial charge >= 0.3 is 0 Å². The second-order valence-corrected chi connectivity index (χ2v) is 5.35. The highest BCUT2D eigenvalue weighted by atomic mass is 35.5. The van der Waals surface area contributed by atoms with Gasteiger partial charge in [-0.3, -0.25) is 10.1 Å². The normalized spacial score (nSPS) is 12.2. The lowest BCUT2D eigenvalue weighted by Gasteiger charge is -2.16. The third-order valence-corrected chi connectivity index (χ3v) is 3.90. The first-order valence-corrected chi connectivity index (χ1v) is 7.08. The van der Waals surface area contributed by atoms with Crippen LogP contribution in [0.1, 0.15) is 24.4 Å². The number of rotatable bonds is 5. The number of thiazole rings is 1. The number of aromatic nitrogens is 1. The predicted molar refractivity (Wildman–Crippen MR) is 76.8 cm³/mol. The summed E-state index contributed by atoms with van der Waals surface area (Å²) in [5, 5.41) is 16.5. The summed E-state index contributed by atoms with van der Waals surface area (Å²) in [6, 6.07) is 1.86. The molecule has 0 saturated carbocycles. The Morgan fingerprint density at radius 2 is 2.35 bits per heavy atom. The fourth-order valence-corrected chi connectivity index (χ4v) is 2.67. The first-order chi connectivity index (χ1) is 9.52. The minimum Gasteiger partial charge on any atom is -0.370 e. The van der Waals surface area contributed by atoms with Gasteiger partial charge in [0.2, 0.25) is 0 Å². The largest absolute Gasteiger partial charge is 0.370 e. The van der Waals surface area contributed by atoms with Crippen molar-refractivity contribution in [1.82, 2.24) is 4.98 Å². The van der Waals surface area contributed by atoms with Gasteiger partial charge in [-0.05, 0) is 12.5 Å². The molecule has 0 fully saturated rings. The maximum absolute atomic E-state index is 13.3. The van der Waals surface area contributed by atoms with Gasteiger partial charge in [0.05, 0.1) is 22.1 Å². The smallest absolute Gasteiger partial charge is 0.295 e. The van der Waals surface area contributed by atoms with E-state index in [1.165, 1.54) is 17.4 Å². The maximum atomic E-state index is 13.3. The molecule has 1 heterocycles. The number of halogens is 2. The third kappa shape index (κ3) is 3.05. The molecule has 1 atom stereocenters. The van der Waals surface area contributed by atoms with Crippen LogP contribution in [0.25, 0.3) is 0 Å². The summed E-state index contributed by atoms with van der Waals surface area (Å²) in [4.78, 5) is 14.5. The average Bonchev–Trinajstić information content (AvgIpc) is 2.93. The molecule has 1 aromatic carbocycles. The van der Waals surface area contributed by atoms with E-state index in [2.05, 4.69) is 10.3 Å². The zero-order valence-electron chi connectivity index (χ0n) is 10.5. The summed E-state index contributed by atoms with van der Waals surface area (Å²) >= 11 is 7.14. The molecule has 0 saturated heterocycles. The Bertz CT molecular complexity index is 621.